The Balaban J connectivity index is 0.00000133. The van der Waals surface area contributed by atoms with E-state index in [0.717, 1.165) is 5.69 Å². The molecule has 0 radical (unpaired) electrons. The number of amides is 1. The lowest BCUT2D eigenvalue weighted by Gasteiger charge is -2.28. The highest BCUT2D eigenvalue weighted by molar-refractivity contribution is 5.90. The normalized spacial score (nSPS) is 28.5. The van der Waals surface area contributed by atoms with Gasteiger partial charge in [0.05, 0.1) is 0 Å². The van der Waals surface area contributed by atoms with Crippen molar-refractivity contribution < 1.29 is 4.79 Å². The molecule has 2 saturated heterocycles. The zero-order chi connectivity index (χ0) is 12.4. The summed E-state index contributed by atoms with van der Waals surface area (Å²) in [6.07, 6.45) is 5.59. The van der Waals surface area contributed by atoms with Crippen LogP contribution in [0, 0.1) is 5.92 Å². The third-order valence-electron chi connectivity index (χ3n) is 4.10. The Morgan fingerprint density at radius 3 is 2.42 bits per heavy atom. The van der Waals surface area contributed by atoms with Crippen molar-refractivity contribution in [3.05, 3.63) is 30.3 Å². The van der Waals surface area contributed by atoms with Gasteiger partial charge in [0.25, 0.3) is 0 Å². The van der Waals surface area contributed by atoms with Crippen molar-refractivity contribution in [2.45, 2.75) is 44.2 Å². The SMILES string of the molecule is Cl.O=C(CC1CC2CCC(C1)N2)Nc1ccccc1. The highest BCUT2D eigenvalue weighted by Crippen LogP contribution is 2.32. The van der Waals surface area contributed by atoms with Crippen molar-refractivity contribution in [3.8, 4) is 0 Å². The summed E-state index contributed by atoms with van der Waals surface area (Å²) in [4.78, 5) is 12.0. The highest BCUT2D eigenvalue weighted by Gasteiger charge is 2.34. The van der Waals surface area contributed by atoms with Crippen LogP contribution in [0.3, 0.4) is 0 Å². The van der Waals surface area contributed by atoms with E-state index in [2.05, 4.69) is 10.6 Å². The van der Waals surface area contributed by atoms with Gasteiger partial charge in [-0.2, -0.15) is 0 Å². The average molecular weight is 281 g/mol. The molecule has 1 amide bonds. The summed E-state index contributed by atoms with van der Waals surface area (Å²) in [5.74, 6) is 0.722. The van der Waals surface area contributed by atoms with Crippen LogP contribution in [0.5, 0.6) is 0 Å². The number of carbonyl (C=O) groups is 1. The van der Waals surface area contributed by atoms with E-state index in [0.29, 0.717) is 24.4 Å². The van der Waals surface area contributed by atoms with Crippen LogP contribution in [0.1, 0.15) is 32.1 Å². The van der Waals surface area contributed by atoms with Gasteiger partial charge in [-0.1, -0.05) is 18.2 Å². The van der Waals surface area contributed by atoms with E-state index < -0.39 is 0 Å². The number of rotatable bonds is 3. The van der Waals surface area contributed by atoms with E-state index in [4.69, 9.17) is 0 Å². The Labute approximate surface area is 120 Å². The number of piperidine rings is 1. The van der Waals surface area contributed by atoms with Gasteiger partial charge in [-0.25, -0.2) is 0 Å². The number of fused-ring (bicyclic) bond motifs is 2. The number of halogens is 1. The average Bonchev–Trinajstić information content (AvgIpc) is 2.70. The van der Waals surface area contributed by atoms with Crippen LogP contribution in [0.25, 0.3) is 0 Å². The molecular formula is C15H21ClN2O. The van der Waals surface area contributed by atoms with Crippen molar-refractivity contribution in [2.24, 2.45) is 5.92 Å². The third kappa shape index (κ3) is 3.71. The lowest BCUT2D eigenvalue weighted by molar-refractivity contribution is -0.117. The maximum atomic E-state index is 12.0. The predicted octanol–water partition coefficient (Wildman–Crippen LogP) is 2.97. The van der Waals surface area contributed by atoms with Crippen LogP contribution in [-0.4, -0.2) is 18.0 Å². The Morgan fingerprint density at radius 2 is 1.79 bits per heavy atom. The topological polar surface area (TPSA) is 41.1 Å². The molecule has 0 spiro atoms. The molecule has 3 nitrogen and oxygen atoms in total. The predicted molar refractivity (Wildman–Crippen MR) is 79.6 cm³/mol. The summed E-state index contributed by atoms with van der Waals surface area (Å²) in [6, 6.07) is 11.0. The van der Waals surface area contributed by atoms with Crippen molar-refractivity contribution in [3.63, 3.8) is 0 Å². The third-order valence-corrected chi connectivity index (χ3v) is 4.10. The molecule has 0 aromatic heterocycles. The maximum absolute atomic E-state index is 12.0. The fraction of sp³-hybridized carbons (Fsp3) is 0.533. The van der Waals surface area contributed by atoms with Gasteiger partial charge in [-0.3, -0.25) is 4.79 Å². The van der Waals surface area contributed by atoms with E-state index in [1.807, 2.05) is 30.3 Å². The number of nitrogens with one attached hydrogen (secondary N) is 2. The van der Waals surface area contributed by atoms with Crippen LogP contribution < -0.4 is 10.6 Å². The number of para-hydroxylation sites is 1. The Morgan fingerprint density at radius 1 is 1.16 bits per heavy atom. The first-order valence-corrected chi connectivity index (χ1v) is 6.90. The van der Waals surface area contributed by atoms with Crippen LogP contribution in [0.2, 0.25) is 0 Å². The van der Waals surface area contributed by atoms with Gasteiger partial charge in [0.2, 0.25) is 5.91 Å². The van der Waals surface area contributed by atoms with Crippen molar-refractivity contribution in [2.75, 3.05) is 5.32 Å². The van der Waals surface area contributed by atoms with Crippen molar-refractivity contribution in [1.82, 2.24) is 5.32 Å². The second-order valence-corrected chi connectivity index (χ2v) is 5.59. The minimum absolute atomic E-state index is 0. The second kappa shape index (κ2) is 6.40. The molecule has 2 unspecified atom stereocenters. The molecule has 0 aliphatic carbocycles. The molecule has 2 aliphatic rings. The molecule has 2 atom stereocenters. The van der Waals surface area contributed by atoms with Gasteiger partial charge in [-0.15, -0.1) is 12.4 Å². The first-order chi connectivity index (χ1) is 8.79. The zero-order valence-corrected chi connectivity index (χ0v) is 11.8. The summed E-state index contributed by atoms with van der Waals surface area (Å²) < 4.78 is 0. The largest absolute Gasteiger partial charge is 0.326 e. The van der Waals surface area contributed by atoms with Crippen LogP contribution in [-0.2, 0) is 4.79 Å². The van der Waals surface area contributed by atoms with Gasteiger partial charge in [0.1, 0.15) is 0 Å². The van der Waals surface area contributed by atoms with E-state index in [1.165, 1.54) is 25.7 Å². The van der Waals surface area contributed by atoms with E-state index in [-0.39, 0.29) is 18.3 Å². The molecule has 2 aliphatic heterocycles. The first kappa shape index (κ1) is 14.4. The van der Waals surface area contributed by atoms with Gasteiger partial charge in [0.15, 0.2) is 0 Å². The van der Waals surface area contributed by atoms with Crippen LogP contribution >= 0.6 is 12.4 Å². The number of benzene rings is 1. The second-order valence-electron chi connectivity index (χ2n) is 5.59. The number of hydrogen-bond donors (Lipinski definition) is 2. The molecule has 3 rings (SSSR count). The van der Waals surface area contributed by atoms with Gasteiger partial charge >= 0.3 is 0 Å². The van der Waals surface area contributed by atoms with E-state index >= 15 is 0 Å². The summed E-state index contributed by atoms with van der Waals surface area (Å²) in [7, 11) is 0. The van der Waals surface area contributed by atoms with Gasteiger partial charge in [0, 0.05) is 24.2 Å². The monoisotopic (exact) mass is 280 g/mol. The smallest absolute Gasteiger partial charge is 0.224 e. The summed E-state index contributed by atoms with van der Waals surface area (Å²) in [5.41, 5.74) is 0.902. The van der Waals surface area contributed by atoms with Gasteiger partial charge in [-0.05, 0) is 43.7 Å². The lowest BCUT2D eigenvalue weighted by atomic mass is 9.89. The zero-order valence-electron chi connectivity index (χ0n) is 11.0. The minimum atomic E-state index is 0. The highest BCUT2D eigenvalue weighted by atomic mass is 35.5. The number of hydrogen-bond acceptors (Lipinski definition) is 2. The summed E-state index contributed by atoms with van der Waals surface area (Å²) >= 11 is 0. The molecule has 4 heteroatoms. The summed E-state index contributed by atoms with van der Waals surface area (Å²) in [5, 5.41) is 6.59. The fourth-order valence-corrected chi connectivity index (χ4v) is 3.34. The van der Waals surface area contributed by atoms with Crippen molar-refractivity contribution in [1.29, 1.82) is 0 Å². The summed E-state index contributed by atoms with van der Waals surface area (Å²) in [6.45, 7) is 0. The van der Waals surface area contributed by atoms with E-state index in [1.54, 1.807) is 0 Å². The van der Waals surface area contributed by atoms with Crippen LogP contribution in [0.15, 0.2) is 30.3 Å². The minimum Gasteiger partial charge on any atom is -0.326 e. The molecule has 0 saturated carbocycles. The number of anilines is 1. The molecule has 2 N–H and O–H groups in total. The molecule has 2 heterocycles. The Bertz CT molecular complexity index is 411. The number of carbonyl (C=O) groups excluding carboxylic acids is 1. The van der Waals surface area contributed by atoms with Crippen molar-refractivity contribution >= 4 is 24.0 Å². The standard InChI is InChI=1S/C15H20N2O.ClH/c18-15(17-12-4-2-1-3-5-12)10-11-8-13-6-7-14(9-11)16-13;/h1-5,11,13-14,16H,6-10H2,(H,17,18);1H. The molecule has 19 heavy (non-hydrogen) atoms. The van der Waals surface area contributed by atoms with E-state index in [9.17, 15) is 4.79 Å². The first-order valence-electron chi connectivity index (χ1n) is 6.90. The molecule has 2 fully saturated rings. The van der Waals surface area contributed by atoms with Crippen LogP contribution in [0.4, 0.5) is 5.69 Å². The Hall–Kier alpha value is -1.06. The fourth-order valence-electron chi connectivity index (χ4n) is 3.34. The Kier molecular flexibility index (Phi) is 4.83. The molecule has 2 bridgehead atoms. The quantitative estimate of drug-likeness (QED) is 0.894. The lowest BCUT2D eigenvalue weighted by Crippen LogP contribution is -2.39. The molecule has 1 aromatic carbocycles. The molecular weight excluding hydrogens is 260 g/mol. The van der Waals surface area contributed by atoms with Gasteiger partial charge < -0.3 is 10.6 Å². The molecule has 104 valence electrons. The maximum Gasteiger partial charge on any atom is 0.224 e. The molecule has 1 aromatic rings.